The number of benzene rings is 3. The minimum atomic E-state index is -0.588. The molecule has 5 nitrogen and oxygen atoms in total. The minimum absolute atomic E-state index is 0.0226. The van der Waals surface area contributed by atoms with Crippen LogP contribution in [-0.4, -0.2) is 24.3 Å². The van der Waals surface area contributed by atoms with Crippen molar-refractivity contribution in [2.75, 3.05) is 11.9 Å². The molecule has 0 aliphatic rings. The van der Waals surface area contributed by atoms with E-state index in [9.17, 15) is 14.4 Å². The SMILES string of the molecule is Cc1ccc(Sc2ccc(NC(=O)CCC(=O)OCC(=O)c3ccc(Br)cc3)cc2)cc1. The van der Waals surface area contributed by atoms with Crippen LogP contribution in [0.2, 0.25) is 0 Å². The summed E-state index contributed by atoms with van der Waals surface area (Å²) in [4.78, 5) is 38.2. The third-order valence-corrected chi connectivity index (χ3v) is 6.03. The van der Waals surface area contributed by atoms with Gasteiger partial charge in [-0.2, -0.15) is 0 Å². The molecular weight excluding hydrogens is 490 g/mol. The predicted molar refractivity (Wildman–Crippen MR) is 129 cm³/mol. The molecule has 1 N–H and O–H groups in total. The zero-order valence-corrected chi connectivity index (χ0v) is 19.9. The number of ketones is 1. The van der Waals surface area contributed by atoms with E-state index in [4.69, 9.17) is 4.74 Å². The molecule has 0 heterocycles. The van der Waals surface area contributed by atoms with Gasteiger partial charge in [-0.05, 0) is 55.5 Å². The van der Waals surface area contributed by atoms with Crippen LogP contribution >= 0.6 is 27.7 Å². The van der Waals surface area contributed by atoms with Crippen LogP contribution in [0.5, 0.6) is 0 Å². The second-order valence-corrected chi connectivity index (χ2v) is 9.14. The van der Waals surface area contributed by atoms with Crippen molar-refractivity contribution < 1.29 is 19.1 Å². The Bertz CT molecular complexity index is 1080. The Morgan fingerprint density at radius 2 is 1.44 bits per heavy atom. The highest BCUT2D eigenvalue weighted by atomic mass is 79.9. The number of hydrogen-bond donors (Lipinski definition) is 1. The van der Waals surface area contributed by atoms with Crippen LogP contribution < -0.4 is 5.32 Å². The van der Waals surface area contributed by atoms with E-state index in [1.807, 2.05) is 24.3 Å². The first-order valence-corrected chi connectivity index (χ1v) is 11.6. The number of carbonyl (C=O) groups is 3. The van der Waals surface area contributed by atoms with Crippen LogP contribution in [0.4, 0.5) is 5.69 Å². The van der Waals surface area contributed by atoms with Gasteiger partial charge in [-0.3, -0.25) is 14.4 Å². The van der Waals surface area contributed by atoms with Gasteiger partial charge in [0.25, 0.3) is 0 Å². The Hall–Kier alpha value is -2.90. The zero-order chi connectivity index (χ0) is 22.9. The van der Waals surface area contributed by atoms with Gasteiger partial charge in [0.15, 0.2) is 12.4 Å². The Balaban J connectivity index is 1.39. The highest BCUT2D eigenvalue weighted by molar-refractivity contribution is 9.10. The number of esters is 1. The molecule has 7 heteroatoms. The molecule has 0 atom stereocenters. The Labute approximate surface area is 199 Å². The highest BCUT2D eigenvalue weighted by Gasteiger charge is 2.12. The van der Waals surface area contributed by atoms with Crippen molar-refractivity contribution in [3.63, 3.8) is 0 Å². The number of Topliss-reactive ketones (excluding diaryl/α,β-unsaturated/α-hetero) is 1. The van der Waals surface area contributed by atoms with Gasteiger partial charge in [0, 0.05) is 31.9 Å². The van der Waals surface area contributed by atoms with Crippen molar-refractivity contribution in [1.82, 2.24) is 0 Å². The third kappa shape index (κ3) is 7.66. The van der Waals surface area contributed by atoms with E-state index in [1.54, 1.807) is 36.0 Å². The highest BCUT2D eigenvalue weighted by Crippen LogP contribution is 2.28. The fraction of sp³-hybridized carbons (Fsp3) is 0.160. The molecule has 0 spiro atoms. The van der Waals surface area contributed by atoms with Gasteiger partial charge in [0.2, 0.25) is 5.91 Å². The summed E-state index contributed by atoms with van der Waals surface area (Å²) in [6, 6.07) is 22.6. The molecule has 1 amide bonds. The summed E-state index contributed by atoms with van der Waals surface area (Å²) < 4.78 is 5.84. The van der Waals surface area contributed by atoms with Crippen LogP contribution in [0.1, 0.15) is 28.8 Å². The zero-order valence-electron chi connectivity index (χ0n) is 17.5. The molecule has 3 aromatic rings. The fourth-order valence-electron chi connectivity index (χ4n) is 2.73. The largest absolute Gasteiger partial charge is 0.457 e. The van der Waals surface area contributed by atoms with Crippen LogP contribution in [-0.2, 0) is 14.3 Å². The molecule has 0 saturated heterocycles. The Morgan fingerprint density at radius 3 is 2.06 bits per heavy atom. The second kappa shape index (κ2) is 11.6. The van der Waals surface area contributed by atoms with Gasteiger partial charge in [-0.1, -0.05) is 57.5 Å². The molecule has 0 fully saturated rings. The number of carbonyl (C=O) groups excluding carboxylic acids is 3. The summed E-state index contributed by atoms with van der Waals surface area (Å²) in [6.07, 6.45) is -0.119. The molecule has 0 aliphatic heterocycles. The summed E-state index contributed by atoms with van der Waals surface area (Å²) >= 11 is 4.94. The van der Waals surface area contributed by atoms with E-state index in [0.29, 0.717) is 11.3 Å². The number of aryl methyl sites for hydroxylation is 1. The van der Waals surface area contributed by atoms with Crippen LogP contribution in [0, 0.1) is 6.92 Å². The molecule has 164 valence electrons. The second-order valence-electron chi connectivity index (χ2n) is 7.08. The number of ether oxygens (including phenoxy) is 1. The third-order valence-electron chi connectivity index (χ3n) is 4.48. The van der Waals surface area contributed by atoms with Gasteiger partial charge in [0.05, 0.1) is 6.42 Å². The van der Waals surface area contributed by atoms with Crippen LogP contribution in [0.3, 0.4) is 0 Å². The van der Waals surface area contributed by atoms with E-state index in [1.165, 1.54) is 5.56 Å². The lowest BCUT2D eigenvalue weighted by atomic mass is 10.1. The average Bonchev–Trinajstić information content (AvgIpc) is 2.79. The van der Waals surface area contributed by atoms with Crippen molar-refractivity contribution in [3.05, 3.63) is 88.4 Å². The van der Waals surface area contributed by atoms with Gasteiger partial charge in [-0.15, -0.1) is 0 Å². The van der Waals surface area contributed by atoms with E-state index in [-0.39, 0.29) is 31.1 Å². The van der Waals surface area contributed by atoms with Crippen molar-refractivity contribution in [2.24, 2.45) is 0 Å². The van der Waals surface area contributed by atoms with Gasteiger partial charge in [0.1, 0.15) is 0 Å². The first kappa shape index (κ1) is 23.8. The maximum Gasteiger partial charge on any atom is 0.306 e. The van der Waals surface area contributed by atoms with E-state index in [2.05, 4.69) is 52.4 Å². The van der Waals surface area contributed by atoms with E-state index >= 15 is 0 Å². The topological polar surface area (TPSA) is 72.5 Å². The predicted octanol–water partition coefficient (Wildman–Crippen LogP) is 6.05. The van der Waals surface area contributed by atoms with Crippen molar-refractivity contribution in [3.8, 4) is 0 Å². The molecule has 0 unspecified atom stereocenters. The maximum absolute atomic E-state index is 12.1. The van der Waals surface area contributed by atoms with Crippen molar-refractivity contribution in [1.29, 1.82) is 0 Å². The van der Waals surface area contributed by atoms with Crippen molar-refractivity contribution >= 4 is 51.0 Å². The summed E-state index contributed by atoms with van der Waals surface area (Å²) in [5.74, 6) is -1.17. The molecule has 32 heavy (non-hydrogen) atoms. The lowest BCUT2D eigenvalue weighted by molar-refractivity contribution is -0.143. The molecular formula is C25H22BrNO4S. The molecule has 3 aromatic carbocycles. The number of nitrogens with one attached hydrogen (secondary N) is 1. The molecule has 0 saturated carbocycles. The van der Waals surface area contributed by atoms with Gasteiger partial charge < -0.3 is 10.1 Å². The lowest BCUT2D eigenvalue weighted by Gasteiger charge is -2.07. The first-order chi connectivity index (χ1) is 15.4. The van der Waals surface area contributed by atoms with Crippen molar-refractivity contribution in [2.45, 2.75) is 29.6 Å². The van der Waals surface area contributed by atoms with E-state index < -0.39 is 5.97 Å². The normalized spacial score (nSPS) is 10.4. The molecule has 0 aromatic heterocycles. The van der Waals surface area contributed by atoms with E-state index in [0.717, 1.165) is 14.3 Å². The van der Waals surface area contributed by atoms with Crippen LogP contribution in [0.15, 0.2) is 87.1 Å². The fourth-order valence-corrected chi connectivity index (χ4v) is 3.81. The molecule has 0 aliphatic carbocycles. The minimum Gasteiger partial charge on any atom is -0.457 e. The number of rotatable bonds is 9. The monoisotopic (exact) mass is 511 g/mol. The average molecular weight is 512 g/mol. The maximum atomic E-state index is 12.1. The Morgan fingerprint density at radius 1 is 0.844 bits per heavy atom. The number of hydrogen-bond acceptors (Lipinski definition) is 5. The quantitative estimate of drug-likeness (QED) is 0.279. The Kier molecular flexibility index (Phi) is 8.64. The summed E-state index contributed by atoms with van der Waals surface area (Å²) in [5, 5.41) is 2.76. The summed E-state index contributed by atoms with van der Waals surface area (Å²) in [6.45, 7) is 1.71. The number of amides is 1. The number of halogens is 1. The molecule has 0 radical (unpaired) electrons. The first-order valence-electron chi connectivity index (χ1n) is 9.98. The lowest BCUT2D eigenvalue weighted by Crippen LogP contribution is -2.17. The molecule has 0 bridgehead atoms. The molecule has 3 rings (SSSR count). The van der Waals surface area contributed by atoms with Gasteiger partial charge in [-0.25, -0.2) is 0 Å². The number of anilines is 1. The van der Waals surface area contributed by atoms with Gasteiger partial charge >= 0.3 is 5.97 Å². The standard InChI is InChI=1S/C25H22BrNO4S/c1-17-2-10-21(11-3-17)32-22-12-8-20(9-13-22)27-24(29)14-15-25(30)31-16-23(28)18-4-6-19(26)7-5-18/h2-13H,14-16H2,1H3,(H,27,29). The summed E-state index contributed by atoms with van der Waals surface area (Å²) in [7, 11) is 0. The summed E-state index contributed by atoms with van der Waals surface area (Å²) in [5.41, 5.74) is 2.33. The smallest absolute Gasteiger partial charge is 0.306 e. The van der Waals surface area contributed by atoms with Crippen LogP contribution in [0.25, 0.3) is 0 Å².